The standard InChI is InChI=1S/C24H26N2O5S2/c1-17-14-22(18(2)25(17)11-9-21-8-4-12-32-21)23(27)16-31-24(28)19-6-3-7-20(15-19)26-10-5-13-33(26,29)30/h3-4,6-8,12,14-15H,5,9-11,13,16H2,1-2H3. The van der Waals surface area contributed by atoms with Gasteiger partial charge in [0.2, 0.25) is 15.8 Å². The summed E-state index contributed by atoms with van der Waals surface area (Å²) < 4.78 is 33.0. The minimum Gasteiger partial charge on any atom is -0.454 e. The van der Waals surface area contributed by atoms with Crippen molar-refractivity contribution in [3.8, 4) is 0 Å². The molecule has 0 saturated carbocycles. The van der Waals surface area contributed by atoms with Crippen molar-refractivity contribution < 1.29 is 22.7 Å². The average Bonchev–Trinajstić information content (AvgIpc) is 3.50. The second-order valence-electron chi connectivity index (χ2n) is 8.06. The monoisotopic (exact) mass is 486 g/mol. The van der Waals surface area contributed by atoms with Gasteiger partial charge < -0.3 is 9.30 Å². The zero-order chi connectivity index (χ0) is 23.6. The number of carbonyl (C=O) groups is 2. The van der Waals surface area contributed by atoms with E-state index in [0.717, 1.165) is 24.4 Å². The molecule has 174 valence electrons. The SMILES string of the molecule is Cc1cc(C(=O)COC(=O)c2cccc(N3CCCS3(=O)=O)c2)c(C)n1CCc1cccs1. The number of hydrogen-bond donors (Lipinski definition) is 0. The lowest BCUT2D eigenvalue weighted by Crippen LogP contribution is -2.25. The van der Waals surface area contributed by atoms with Crippen LogP contribution in [0.5, 0.6) is 0 Å². The summed E-state index contributed by atoms with van der Waals surface area (Å²) in [4.78, 5) is 26.6. The van der Waals surface area contributed by atoms with Crippen molar-refractivity contribution in [1.82, 2.24) is 4.57 Å². The van der Waals surface area contributed by atoms with Crippen LogP contribution in [0.2, 0.25) is 0 Å². The molecular formula is C24H26N2O5S2. The number of aryl methyl sites for hydroxylation is 2. The molecule has 4 rings (SSSR count). The van der Waals surface area contributed by atoms with Crippen LogP contribution in [0.3, 0.4) is 0 Å². The molecule has 0 amide bonds. The average molecular weight is 487 g/mol. The largest absolute Gasteiger partial charge is 0.454 e. The molecule has 7 nitrogen and oxygen atoms in total. The second kappa shape index (κ2) is 9.52. The maximum absolute atomic E-state index is 12.8. The van der Waals surface area contributed by atoms with Gasteiger partial charge in [-0.25, -0.2) is 13.2 Å². The molecule has 0 spiro atoms. The van der Waals surface area contributed by atoms with Gasteiger partial charge in [0.15, 0.2) is 6.61 Å². The third kappa shape index (κ3) is 5.04. The number of rotatable bonds is 8. The van der Waals surface area contributed by atoms with Crippen LogP contribution in [-0.2, 0) is 27.7 Å². The number of carbonyl (C=O) groups excluding carboxylic acids is 2. The van der Waals surface area contributed by atoms with Gasteiger partial charge in [-0.05, 0) is 62.4 Å². The smallest absolute Gasteiger partial charge is 0.338 e. The predicted octanol–water partition coefficient (Wildman–Crippen LogP) is 3.99. The van der Waals surface area contributed by atoms with Crippen molar-refractivity contribution in [2.45, 2.75) is 33.2 Å². The molecule has 2 aromatic heterocycles. The quantitative estimate of drug-likeness (QED) is 0.355. The molecule has 1 aliphatic rings. The van der Waals surface area contributed by atoms with Gasteiger partial charge in [-0.15, -0.1) is 11.3 Å². The second-order valence-corrected chi connectivity index (χ2v) is 11.1. The highest BCUT2D eigenvalue weighted by atomic mass is 32.2. The van der Waals surface area contributed by atoms with Crippen LogP contribution in [0.4, 0.5) is 5.69 Å². The molecule has 1 saturated heterocycles. The highest BCUT2D eigenvalue weighted by Crippen LogP contribution is 2.25. The fourth-order valence-corrected chi connectivity index (χ4v) is 6.37. The van der Waals surface area contributed by atoms with E-state index in [1.54, 1.807) is 29.5 Å². The number of aromatic nitrogens is 1. The van der Waals surface area contributed by atoms with Crippen LogP contribution in [0.15, 0.2) is 47.8 Å². The molecule has 0 N–H and O–H groups in total. The van der Waals surface area contributed by atoms with Crippen LogP contribution in [-0.4, -0.2) is 43.6 Å². The fourth-order valence-electron chi connectivity index (χ4n) is 4.11. The molecule has 3 aromatic rings. The maximum Gasteiger partial charge on any atom is 0.338 e. The van der Waals surface area contributed by atoms with E-state index in [2.05, 4.69) is 10.6 Å². The lowest BCUT2D eigenvalue weighted by molar-refractivity contribution is 0.0474. The number of esters is 1. The molecule has 3 heterocycles. The van der Waals surface area contributed by atoms with Crippen molar-refractivity contribution >= 4 is 38.8 Å². The van der Waals surface area contributed by atoms with Crippen molar-refractivity contribution in [1.29, 1.82) is 0 Å². The first-order valence-corrected chi connectivity index (χ1v) is 13.2. The van der Waals surface area contributed by atoms with Gasteiger partial charge >= 0.3 is 5.97 Å². The molecule has 0 radical (unpaired) electrons. The molecule has 1 aliphatic heterocycles. The van der Waals surface area contributed by atoms with E-state index in [9.17, 15) is 18.0 Å². The summed E-state index contributed by atoms with van der Waals surface area (Å²) in [6.45, 7) is 4.65. The summed E-state index contributed by atoms with van der Waals surface area (Å²) in [6.07, 6.45) is 1.44. The molecule has 0 bridgehead atoms. The lowest BCUT2D eigenvalue weighted by Gasteiger charge is -2.17. The third-order valence-corrected chi connectivity index (χ3v) is 8.65. The first-order chi connectivity index (χ1) is 15.8. The summed E-state index contributed by atoms with van der Waals surface area (Å²) >= 11 is 1.71. The Balaban J connectivity index is 1.40. The first kappa shape index (κ1) is 23.3. The number of benzene rings is 1. The highest BCUT2D eigenvalue weighted by Gasteiger charge is 2.29. The normalized spacial score (nSPS) is 15.0. The van der Waals surface area contributed by atoms with Crippen molar-refractivity contribution in [2.75, 3.05) is 23.2 Å². The molecule has 0 atom stereocenters. The zero-order valence-electron chi connectivity index (χ0n) is 18.6. The molecule has 1 aromatic carbocycles. The van der Waals surface area contributed by atoms with Crippen LogP contribution in [0.25, 0.3) is 0 Å². The van der Waals surface area contributed by atoms with E-state index in [1.807, 2.05) is 31.4 Å². The van der Waals surface area contributed by atoms with E-state index in [-0.39, 0.29) is 23.7 Å². The van der Waals surface area contributed by atoms with Gasteiger partial charge in [-0.2, -0.15) is 0 Å². The van der Waals surface area contributed by atoms with Gasteiger partial charge in [0, 0.05) is 34.9 Å². The summed E-state index contributed by atoms with van der Waals surface area (Å²) in [7, 11) is -3.34. The van der Waals surface area contributed by atoms with Crippen molar-refractivity contribution in [3.05, 3.63) is 75.2 Å². The number of ketones is 1. The minimum atomic E-state index is -3.34. The van der Waals surface area contributed by atoms with Gasteiger partial charge in [0.1, 0.15) is 0 Å². The Morgan fingerprint density at radius 2 is 1.94 bits per heavy atom. The maximum atomic E-state index is 12.8. The Morgan fingerprint density at radius 1 is 1.12 bits per heavy atom. The Hall–Kier alpha value is -2.91. The molecule has 1 fully saturated rings. The molecule has 33 heavy (non-hydrogen) atoms. The van der Waals surface area contributed by atoms with E-state index in [0.29, 0.717) is 24.2 Å². The van der Waals surface area contributed by atoms with Gasteiger partial charge in [0.05, 0.1) is 17.0 Å². The molecule has 0 unspecified atom stereocenters. The van der Waals surface area contributed by atoms with Crippen LogP contribution >= 0.6 is 11.3 Å². The van der Waals surface area contributed by atoms with Gasteiger partial charge in [-0.1, -0.05) is 12.1 Å². The topological polar surface area (TPSA) is 85.7 Å². The Morgan fingerprint density at radius 3 is 2.64 bits per heavy atom. The van der Waals surface area contributed by atoms with E-state index < -0.39 is 16.0 Å². The number of anilines is 1. The number of hydrogen-bond acceptors (Lipinski definition) is 6. The first-order valence-electron chi connectivity index (χ1n) is 10.8. The van der Waals surface area contributed by atoms with E-state index in [4.69, 9.17) is 4.74 Å². The Kier molecular flexibility index (Phi) is 6.71. The fraction of sp³-hybridized carbons (Fsp3) is 0.333. The summed E-state index contributed by atoms with van der Waals surface area (Å²) in [5, 5.41) is 2.05. The van der Waals surface area contributed by atoms with Crippen LogP contribution in [0.1, 0.15) is 43.4 Å². The molecule has 0 aliphatic carbocycles. The van der Waals surface area contributed by atoms with Crippen LogP contribution in [0, 0.1) is 13.8 Å². The number of sulfonamides is 1. The summed E-state index contributed by atoms with van der Waals surface area (Å²) in [5.74, 6) is -0.826. The number of nitrogens with zero attached hydrogens (tertiary/aromatic N) is 2. The third-order valence-electron chi connectivity index (χ3n) is 5.84. The van der Waals surface area contributed by atoms with Crippen LogP contribution < -0.4 is 4.31 Å². The van der Waals surface area contributed by atoms with E-state index in [1.165, 1.54) is 15.2 Å². The summed E-state index contributed by atoms with van der Waals surface area (Å²) in [5.41, 5.74) is 3.03. The number of Topliss-reactive ketones (excluding diaryl/α,β-unsaturated/α-hetero) is 1. The number of thiophene rings is 1. The number of ether oxygens (including phenoxy) is 1. The van der Waals surface area contributed by atoms with E-state index >= 15 is 0 Å². The lowest BCUT2D eigenvalue weighted by atomic mass is 10.1. The summed E-state index contributed by atoms with van der Waals surface area (Å²) in [6, 6.07) is 12.3. The minimum absolute atomic E-state index is 0.0991. The van der Waals surface area contributed by atoms with Crippen molar-refractivity contribution in [3.63, 3.8) is 0 Å². The van der Waals surface area contributed by atoms with Gasteiger partial charge in [-0.3, -0.25) is 9.10 Å². The Bertz CT molecular complexity index is 1280. The molecule has 9 heteroatoms. The van der Waals surface area contributed by atoms with Gasteiger partial charge in [0.25, 0.3) is 0 Å². The molecular weight excluding hydrogens is 460 g/mol. The Labute approximate surface area is 197 Å². The highest BCUT2D eigenvalue weighted by molar-refractivity contribution is 7.93. The van der Waals surface area contributed by atoms with Crippen molar-refractivity contribution in [2.24, 2.45) is 0 Å². The predicted molar refractivity (Wildman–Crippen MR) is 129 cm³/mol. The zero-order valence-corrected chi connectivity index (χ0v) is 20.2.